The Morgan fingerprint density at radius 1 is 1.12 bits per heavy atom. The molecule has 1 saturated carbocycles. The number of carbonyl (C=O) groups is 4. The van der Waals surface area contributed by atoms with Gasteiger partial charge in [0.25, 0.3) is 11.8 Å². The zero-order valence-corrected chi connectivity index (χ0v) is 22.8. The summed E-state index contributed by atoms with van der Waals surface area (Å²) in [6, 6.07) is 8.81. The van der Waals surface area contributed by atoms with Crippen LogP contribution < -0.4 is 10.6 Å². The van der Waals surface area contributed by atoms with E-state index in [-0.39, 0.29) is 23.8 Å². The van der Waals surface area contributed by atoms with Crippen molar-refractivity contribution in [2.24, 2.45) is 11.8 Å². The van der Waals surface area contributed by atoms with Gasteiger partial charge < -0.3 is 30.5 Å². The summed E-state index contributed by atoms with van der Waals surface area (Å²) in [5.74, 6) is -4.29. The Balaban J connectivity index is 1.71. The molecule has 4 rings (SSSR count). The van der Waals surface area contributed by atoms with Crippen molar-refractivity contribution in [1.29, 1.82) is 0 Å². The average molecular weight is 553 g/mol. The maximum absolute atomic E-state index is 13.8. The molecule has 1 saturated heterocycles. The Morgan fingerprint density at radius 2 is 1.82 bits per heavy atom. The fraction of sp³-hybridized carbons (Fsp3) is 0.483. The zero-order chi connectivity index (χ0) is 29.0. The van der Waals surface area contributed by atoms with Crippen LogP contribution in [0.2, 0.25) is 0 Å². The second kappa shape index (κ2) is 12.5. The number of pyridine rings is 1. The van der Waals surface area contributed by atoms with Crippen molar-refractivity contribution in [3.63, 3.8) is 0 Å². The van der Waals surface area contributed by atoms with Crippen molar-refractivity contribution in [2.75, 3.05) is 7.05 Å². The van der Waals surface area contributed by atoms with Crippen molar-refractivity contribution in [3.05, 3.63) is 59.9 Å². The van der Waals surface area contributed by atoms with Crippen LogP contribution in [0.15, 0.2) is 48.7 Å². The van der Waals surface area contributed by atoms with Crippen molar-refractivity contribution in [3.8, 4) is 5.75 Å². The highest BCUT2D eigenvalue weighted by Gasteiger charge is 2.44. The normalized spacial score (nSPS) is 28.4. The van der Waals surface area contributed by atoms with Gasteiger partial charge in [0.15, 0.2) is 11.8 Å². The molecule has 11 nitrogen and oxygen atoms in total. The van der Waals surface area contributed by atoms with Crippen molar-refractivity contribution in [1.82, 2.24) is 20.5 Å². The van der Waals surface area contributed by atoms with E-state index in [1.165, 1.54) is 37.2 Å². The molecule has 4 N–H and O–H groups in total. The standard InChI is InChI=1S/C29H36N4O7/c1-16-24(35)20(15-18-9-5-4-6-10-18)31-26(36)22(32-27(37)23-21(34)13-8-14-30-23)17(2)33(3)28(38)25(40-29(16)39)19-11-7-12-19/h4-6,8-10,13-14,16-17,19-20,22,24-25,34-35H,7,11-12,15H2,1-3H3,(H,31,36)(H,32,37)/t16-,17-,20+,22+,24+,25?/m1/s1. The summed E-state index contributed by atoms with van der Waals surface area (Å²) >= 11 is 0. The molecule has 2 aromatic rings. The number of aliphatic hydroxyl groups excluding tert-OH is 1. The summed E-state index contributed by atoms with van der Waals surface area (Å²) in [6.45, 7) is 3.10. The highest BCUT2D eigenvalue weighted by molar-refractivity contribution is 5.98. The smallest absolute Gasteiger partial charge is 0.312 e. The monoisotopic (exact) mass is 552 g/mol. The summed E-state index contributed by atoms with van der Waals surface area (Å²) in [6.07, 6.45) is 1.42. The minimum atomic E-state index is -1.35. The van der Waals surface area contributed by atoms with E-state index in [0.29, 0.717) is 12.8 Å². The van der Waals surface area contributed by atoms with E-state index in [1.807, 2.05) is 30.3 Å². The molecule has 2 fully saturated rings. The SMILES string of the molecule is C[C@@H]1[C@H](NC(=O)c2ncccc2O)C(=O)N[C@@H](Cc2ccccc2)[C@@H](O)[C@@H](C)C(=O)OC(C2CCC2)C(=O)N1C. The molecule has 2 aliphatic rings. The van der Waals surface area contributed by atoms with Crippen LogP contribution >= 0.6 is 0 Å². The second-order valence-corrected chi connectivity index (χ2v) is 10.6. The molecule has 2 heterocycles. The molecule has 0 spiro atoms. The second-order valence-electron chi connectivity index (χ2n) is 10.6. The van der Waals surface area contributed by atoms with E-state index in [9.17, 15) is 29.4 Å². The zero-order valence-electron chi connectivity index (χ0n) is 22.8. The maximum atomic E-state index is 13.8. The fourth-order valence-electron chi connectivity index (χ4n) is 5.02. The molecule has 1 aliphatic heterocycles. The highest BCUT2D eigenvalue weighted by atomic mass is 16.6. The largest absolute Gasteiger partial charge is 0.505 e. The van der Waals surface area contributed by atoms with Gasteiger partial charge >= 0.3 is 5.97 Å². The van der Waals surface area contributed by atoms with Crippen LogP contribution in [0.3, 0.4) is 0 Å². The molecule has 1 aliphatic carbocycles. The van der Waals surface area contributed by atoms with Crippen LogP contribution in [-0.2, 0) is 25.5 Å². The van der Waals surface area contributed by atoms with Crippen LogP contribution in [0.4, 0.5) is 0 Å². The first kappa shape index (κ1) is 29.0. The summed E-state index contributed by atoms with van der Waals surface area (Å²) in [5, 5.41) is 26.8. The summed E-state index contributed by atoms with van der Waals surface area (Å²) in [5.41, 5.74) is 0.532. The number of hydrogen-bond donors (Lipinski definition) is 4. The fourth-order valence-corrected chi connectivity index (χ4v) is 5.02. The van der Waals surface area contributed by atoms with E-state index in [0.717, 1.165) is 12.0 Å². The lowest BCUT2D eigenvalue weighted by atomic mass is 9.80. The lowest BCUT2D eigenvalue weighted by Crippen LogP contribution is -2.63. The van der Waals surface area contributed by atoms with E-state index >= 15 is 0 Å². The first-order valence-corrected chi connectivity index (χ1v) is 13.5. The van der Waals surface area contributed by atoms with Crippen LogP contribution in [-0.4, -0.2) is 81.2 Å². The van der Waals surface area contributed by atoms with Crippen molar-refractivity contribution in [2.45, 2.75) is 69.9 Å². The van der Waals surface area contributed by atoms with Crippen LogP contribution in [0.5, 0.6) is 5.75 Å². The van der Waals surface area contributed by atoms with Gasteiger partial charge in [-0.2, -0.15) is 0 Å². The number of benzene rings is 1. The number of aromatic nitrogens is 1. The molecular formula is C29H36N4O7. The molecule has 1 unspecified atom stereocenters. The van der Waals surface area contributed by atoms with E-state index < -0.39 is 59.9 Å². The number of carbonyl (C=O) groups excluding carboxylic acids is 4. The van der Waals surface area contributed by atoms with Gasteiger partial charge in [0.1, 0.15) is 11.8 Å². The van der Waals surface area contributed by atoms with Gasteiger partial charge in [-0.3, -0.25) is 19.2 Å². The number of nitrogens with zero attached hydrogens (tertiary/aromatic N) is 2. The molecule has 3 amide bonds. The molecular weight excluding hydrogens is 516 g/mol. The Kier molecular flexibility index (Phi) is 9.03. The summed E-state index contributed by atoms with van der Waals surface area (Å²) in [7, 11) is 1.49. The molecule has 1 aromatic heterocycles. The number of ether oxygens (including phenoxy) is 1. The third-order valence-electron chi connectivity index (χ3n) is 8.00. The van der Waals surface area contributed by atoms with Crippen molar-refractivity contribution >= 4 is 23.7 Å². The Hall–Kier alpha value is -3.99. The van der Waals surface area contributed by atoms with E-state index in [1.54, 1.807) is 6.92 Å². The Labute approximate surface area is 232 Å². The number of cyclic esters (lactones) is 1. The molecule has 6 atom stereocenters. The van der Waals surface area contributed by atoms with Crippen LogP contribution in [0.1, 0.15) is 49.2 Å². The number of esters is 1. The van der Waals surface area contributed by atoms with Gasteiger partial charge in [-0.25, -0.2) is 4.98 Å². The first-order chi connectivity index (χ1) is 19.1. The molecule has 1 aromatic carbocycles. The minimum absolute atomic E-state index is 0.175. The predicted molar refractivity (Wildman–Crippen MR) is 144 cm³/mol. The molecule has 0 bridgehead atoms. The van der Waals surface area contributed by atoms with Crippen molar-refractivity contribution < 1.29 is 34.1 Å². The number of amides is 3. The summed E-state index contributed by atoms with van der Waals surface area (Å²) in [4.78, 5) is 58.9. The number of rotatable bonds is 5. The van der Waals surface area contributed by atoms with E-state index in [2.05, 4.69) is 15.6 Å². The lowest BCUT2D eigenvalue weighted by molar-refractivity contribution is -0.173. The highest BCUT2D eigenvalue weighted by Crippen LogP contribution is 2.33. The van der Waals surface area contributed by atoms with Gasteiger partial charge in [0.05, 0.1) is 24.1 Å². The Morgan fingerprint density at radius 3 is 2.45 bits per heavy atom. The van der Waals surface area contributed by atoms with Gasteiger partial charge in [0.2, 0.25) is 5.91 Å². The van der Waals surface area contributed by atoms with Gasteiger partial charge in [-0.05, 0) is 50.8 Å². The third kappa shape index (κ3) is 6.25. The summed E-state index contributed by atoms with van der Waals surface area (Å²) < 4.78 is 5.73. The van der Waals surface area contributed by atoms with E-state index in [4.69, 9.17) is 4.74 Å². The molecule has 40 heavy (non-hydrogen) atoms. The van der Waals surface area contributed by atoms with Gasteiger partial charge in [0, 0.05) is 19.2 Å². The lowest BCUT2D eigenvalue weighted by Gasteiger charge is -2.40. The van der Waals surface area contributed by atoms with Crippen LogP contribution in [0.25, 0.3) is 0 Å². The average Bonchev–Trinajstić information content (AvgIpc) is 2.92. The number of likely N-dealkylation sites (N-methyl/N-ethyl adjacent to an activating group) is 1. The first-order valence-electron chi connectivity index (χ1n) is 13.5. The van der Waals surface area contributed by atoms with Crippen LogP contribution in [0, 0.1) is 11.8 Å². The number of nitrogens with one attached hydrogen (secondary N) is 2. The molecule has 214 valence electrons. The third-order valence-corrected chi connectivity index (χ3v) is 8.00. The molecule has 11 heteroatoms. The number of aromatic hydroxyl groups is 1. The maximum Gasteiger partial charge on any atom is 0.312 e. The predicted octanol–water partition coefficient (Wildman–Crippen LogP) is 1.18. The topological polar surface area (TPSA) is 158 Å². The number of aliphatic hydroxyl groups is 1. The quantitative estimate of drug-likeness (QED) is 0.403. The van der Waals surface area contributed by atoms with Gasteiger partial charge in [-0.1, -0.05) is 36.8 Å². The van der Waals surface area contributed by atoms with Gasteiger partial charge in [-0.15, -0.1) is 0 Å². The minimum Gasteiger partial charge on any atom is -0.505 e. The number of hydrogen-bond acceptors (Lipinski definition) is 8. The molecule has 0 radical (unpaired) electrons. The Bertz CT molecular complexity index is 1240.